The molecule has 5 nitrogen and oxygen atoms in total. The number of methoxy groups -OCH3 is 1. The predicted octanol–water partition coefficient (Wildman–Crippen LogP) is 4.34. The fourth-order valence-corrected chi connectivity index (χ4v) is 3.53. The van der Waals surface area contributed by atoms with Gasteiger partial charge in [0.25, 0.3) is 5.91 Å². The standard InChI is InChI=1S/C19H19N3O2S/c1-3-16(13-7-5-4-6-8-13)18-21-22-19(25-18)20-17(23)14-9-11-15(24-2)12-10-14/h4-12,16H,3H2,1-2H3,(H,20,22,23)/t16-/m1/s1. The highest BCUT2D eigenvalue weighted by Gasteiger charge is 2.18. The van der Waals surface area contributed by atoms with E-state index in [4.69, 9.17) is 4.74 Å². The summed E-state index contributed by atoms with van der Waals surface area (Å²) in [5.41, 5.74) is 1.75. The predicted molar refractivity (Wildman–Crippen MR) is 99.4 cm³/mol. The first-order valence-corrected chi connectivity index (χ1v) is 8.86. The minimum Gasteiger partial charge on any atom is -0.497 e. The molecule has 25 heavy (non-hydrogen) atoms. The first-order chi connectivity index (χ1) is 12.2. The van der Waals surface area contributed by atoms with Crippen molar-refractivity contribution in [1.82, 2.24) is 10.2 Å². The van der Waals surface area contributed by atoms with Gasteiger partial charge in [0.1, 0.15) is 10.8 Å². The maximum absolute atomic E-state index is 12.3. The van der Waals surface area contributed by atoms with Crippen molar-refractivity contribution in [2.45, 2.75) is 19.3 Å². The van der Waals surface area contributed by atoms with Crippen LogP contribution in [-0.2, 0) is 0 Å². The lowest BCUT2D eigenvalue weighted by molar-refractivity contribution is 0.102. The van der Waals surface area contributed by atoms with Crippen molar-refractivity contribution in [3.8, 4) is 5.75 Å². The molecule has 6 heteroatoms. The third-order valence-electron chi connectivity index (χ3n) is 3.92. The maximum Gasteiger partial charge on any atom is 0.257 e. The van der Waals surface area contributed by atoms with Crippen LogP contribution in [0, 0.1) is 0 Å². The summed E-state index contributed by atoms with van der Waals surface area (Å²) in [6, 6.07) is 17.2. The molecule has 0 fully saturated rings. The zero-order chi connectivity index (χ0) is 17.6. The Hall–Kier alpha value is -2.73. The molecule has 2 aromatic carbocycles. The summed E-state index contributed by atoms with van der Waals surface area (Å²) in [6.45, 7) is 2.12. The average Bonchev–Trinajstić information content (AvgIpc) is 3.11. The van der Waals surface area contributed by atoms with Crippen LogP contribution in [0.3, 0.4) is 0 Å². The quantitative estimate of drug-likeness (QED) is 0.716. The van der Waals surface area contributed by atoms with Gasteiger partial charge in [0.15, 0.2) is 0 Å². The smallest absolute Gasteiger partial charge is 0.257 e. The summed E-state index contributed by atoms with van der Waals surface area (Å²) >= 11 is 1.41. The molecule has 0 spiro atoms. The second-order valence-corrected chi connectivity index (χ2v) is 6.51. The van der Waals surface area contributed by atoms with E-state index in [1.807, 2.05) is 18.2 Å². The number of hydrogen-bond donors (Lipinski definition) is 1. The first-order valence-electron chi connectivity index (χ1n) is 8.05. The largest absolute Gasteiger partial charge is 0.497 e. The zero-order valence-corrected chi connectivity index (χ0v) is 14.9. The van der Waals surface area contributed by atoms with Gasteiger partial charge in [-0.2, -0.15) is 0 Å². The SMILES string of the molecule is CC[C@H](c1ccccc1)c1nnc(NC(=O)c2ccc(OC)cc2)s1. The molecule has 0 bridgehead atoms. The molecule has 3 aromatic rings. The molecule has 0 radical (unpaired) electrons. The number of nitrogens with zero attached hydrogens (tertiary/aromatic N) is 2. The van der Waals surface area contributed by atoms with E-state index < -0.39 is 0 Å². The van der Waals surface area contributed by atoms with Crippen LogP contribution in [0.5, 0.6) is 5.75 Å². The Morgan fingerprint density at radius 2 is 1.84 bits per heavy atom. The summed E-state index contributed by atoms with van der Waals surface area (Å²) in [5, 5.41) is 12.6. The normalized spacial score (nSPS) is 11.8. The van der Waals surface area contributed by atoms with Gasteiger partial charge in [-0.3, -0.25) is 10.1 Å². The van der Waals surface area contributed by atoms with Gasteiger partial charge in [-0.1, -0.05) is 48.6 Å². The van der Waals surface area contributed by atoms with Crippen LogP contribution in [0.15, 0.2) is 54.6 Å². The number of rotatable bonds is 6. The number of aromatic nitrogens is 2. The third-order valence-corrected chi connectivity index (χ3v) is 4.87. The van der Waals surface area contributed by atoms with Gasteiger partial charge < -0.3 is 4.74 Å². The fourth-order valence-electron chi connectivity index (χ4n) is 2.58. The van der Waals surface area contributed by atoms with E-state index in [2.05, 4.69) is 34.6 Å². The van der Waals surface area contributed by atoms with Gasteiger partial charge in [0, 0.05) is 11.5 Å². The van der Waals surface area contributed by atoms with E-state index in [1.54, 1.807) is 31.4 Å². The molecule has 128 valence electrons. The van der Waals surface area contributed by atoms with Crippen molar-refractivity contribution in [2.24, 2.45) is 0 Å². The number of carbonyl (C=O) groups excluding carboxylic acids is 1. The number of amides is 1. The molecular formula is C19H19N3O2S. The molecule has 1 N–H and O–H groups in total. The summed E-state index contributed by atoms with van der Waals surface area (Å²) in [7, 11) is 1.59. The molecule has 1 aromatic heterocycles. The summed E-state index contributed by atoms with van der Waals surface area (Å²) in [6.07, 6.45) is 0.922. The van der Waals surface area contributed by atoms with Crippen LogP contribution in [0.2, 0.25) is 0 Å². The Morgan fingerprint density at radius 1 is 1.12 bits per heavy atom. The molecule has 0 saturated heterocycles. The lowest BCUT2D eigenvalue weighted by Gasteiger charge is -2.11. The molecule has 3 rings (SSSR count). The van der Waals surface area contributed by atoms with Crippen molar-refractivity contribution in [3.05, 3.63) is 70.7 Å². The van der Waals surface area contributed by atoms with E-state index in [0.29, 0.717) is 16.4 Å². The highest BCUT2D eigenvalue weighted by molar-refractivity contribution is 7.15. The zero-order valence-electron chi connectivity index (χ0n) is 14.1. The molecule has 0 aliphatic carbocycles. The van der Waals surface area contributed by atoms with E-state index in [-0.39, 0.29) is 11.8 Å². The molecule has 0 aliphatic heterocycles. The summed E-state index contributed by atoms with van der Waals surface area (Å²) < 4.78 is 5.10. The molecule has 0 aliphatic rings. The Balaban J connectivity index is 1.73. The Labute approximate surface area is 150 Å². The molecule has 0 saturated carbocycles. The van der Waals surface area contributed by atoms with Crippen LogP contribution in [0.1, 0.15) is 40.2 Å². The van der Waals surface area contributed by atoms with Crippen LogP contribution in [0.25, 0.3) is 0 Å². The molecule has 1 atom stereocenters. The highest BCUT2D eigenvalue weighted by Crippen LogP contribution is 2.31. The van der Waals surface area contributed by atoms with Crippen LogP contribution in [0.4, 0.5) is 5.13 Å². The van der Waals surface area contributed by atoms with Crippen molar-refractivity contribution in [1.29, 1.82) is 0 Å². The fraction of sp³-hybridized carbons (Fsp3) is 0.211. The van der Waals surface area contributed by atoms with Crippen LogP contribution >= 0.6 is 11.3 Å². The number of carbonyl (C=O) groups is 1. The number of nitrogens with one attached hydrogen (secondary N) is 1. The molecule has 1 heterocycles. The Morgan fingerprint density at radius 3 is 2.48 bits per heavy atom. The Bertz CT molecular complexity index is 831. The first kappa shape index (κ1) is 17.1. The van der Waals surface area contributed by atoms with Gasteiger partial charge in [-0.15, -0.1) is 10.2 Å². The van der Waals surface area contributed by atoms with Crippen molar-refractivity contribution in [2.75, 3.05) is 12.4 Å². The van der Waals surface area contributed by atoms with E-state index in [0.717, 1.165) is 11.4 Å². The molecule has 1 amide bonds. The van der Waals surface area contributed by atoms with Gasteiger partial charge in [0.2, 0.25) is 5.13 Å². The summed E-state index contributed by atoms with van der Waals surface area (Å²) in [4.78, 5) is 12.3. The van der Waals surface area contributed by atoms with Gasteiger partial charge in [-0.05, 0) is 36.2 Å². The lowest BCUT2D eigenvalue weighted by atomic mass is 9.97. The summed E-state index contributed by atoms with van der Waals surface area (Å²) in [5.74, 6) is 0.687. The number of hydrogen-bond acceptors (Lipinski definition) is 5. The molecule has 0 unspecified atom stereocenters. The van der Waals surface area contributed by atoms with Gasteiger partial charge >= 0.3 is 0 Å². The minimum atomic E-state index is -0.210. The van der Waals surface area contributed by atoms with Crippen molar-refractivity contribution in [3.63, 3.8) is 0 Å². The maximum atomic E-state index is 12.3. The number of benzene rings is 2. The monoisotopic (exact) mass is 353 g/mol. The third kappa shape index (κ3) is 4.03. The van der Waals surface area contributed by atoms with Crippen LogP contribution < -0.4 is 10.1 Å². The topological polar surface area (TPSA) is 64.1 Å². The van der Waals surface area contributed by atoms with E-state index in [9.17, 15) is 4.79 Å². The molecular weight excluding hydrogens is 334 g/mol. The average molecular weight is 353 g/mol. The highest BCUT2D eigenvalue weighted by atomic mass is 32.1. The number of anilines is 1. The van der Waals surface area contributed by atoms with Crippen molar-refractivity contribution >= 4 is 22.4 Å². The van der Waals surface area contributed by atoms with E-state index in [1.165, 1.54) is 16.9 Å². The number of ether oxygens (including phenoxy) is 1. The lowest BCUT2D eigenvalue weighted by Crippen LogP contribution is -2.11. The van der Waals surface area contributed by atoms with Gasteiger partial charge in [-0.25, -0.2) is 0 Å². The Kier molecular flexibility index (Phi) is 5.40. The van der Waals surface area contributed by atoms with Crippen LogP contribution in [-0.4, -0.2) is 23.2 Å². The second-order valence-electron chi connectivity index (χ2n) is 5.50. The van der Waals surface area contributed by atoms with E-state index >= 15 is 0 Å². The van der Waals surface area contributed by atoms with Gasteiger partial charge in [0.05, 0.1) is 7.11 Å². The second kappa shape index (κ2) is 7.90. The minimum absolute atomic E-state index is 0.185. The van der Waals surface area contributed by atoms with Crippen molar-refractivity contribution < 1.29 is 9.53 Å².